The van der Waals surface area contributed by atoms with Crippen LogP contribution in [0.1, 0.15) is 5.56 Å². The molecule has 1 aliphatic heterocycles. The van der Waals surface area contributed by atoms with Crippen LogP contribution < -0.4 is 10.1 Å². The fourth-order valence-electron chi connectivity index (χ4n) is 2.53. The minimum Gasteiger partial charge on any atom is -0.492 e. The molecule has 2 aromatic carbocycles. The maximum atomic E-state index is 13.1. The summed E-state index contributed by atoms with van der Waals surface area (Å²) in [4.78, 5) is 23.9. The Bertz CT molecular complexity index is 811. The maximum Gasteiger partial charge on any atom is 0.313 e. The smallest absolute Gasteiger partial charge is 0.313 e. The largest absolute Gasteiger partial charge is 0.492 e. The lowest BCUT2D eigenvalue weighted by Crippen LogP contribution is -2.32. The van der Waals surface area contributed by atoms with Crippen LogP contribution in [0, 0.1) is 11.7 Å². The van der Waals surface area contributed by atoms with E-state index in [9.17, 15) is 14.0 Å². The van der Waals surface area contributed by atoms with Gasteiger partial charge in [-0.1, -0.05) is 17.7 Å². The van der Waals surface area contributed by atoms with E-state index in [1.807, 2.05) is 0 Å². The second kappa shape index (κ2) is 7.53. The number of hydrogen-bond donors (Lipinski definition) is 1. The van der Waals surface area contributed by atoms with Gasteiger partial charge in [-0.25, -0.2) is 4.39 Å². The van der Waals surface area contributed by atoms with Crippen molar-refractivity contribution in [1.29, 1.82) is 0 Å². The van der Waals surface area contributed by atoms with E-state index in [1.165, 1.54) is 18.2 Å². The number of hydrogen-bond acceptors (Lipinski definition) is 4. The third-order valence-electron chi connectivity index (χ3n) is 3.72. The van der Waals surface area contributed by atoms with Crippen molar-refractivity contribution in [2.24, 2.45) is 5.92 Å². The highest BCUT2D eigenvalue weighted by Crippen LogP contribution is 2.30. The summed E-state index contributed by atoms with van der Waals surface area (Å²) in [7, 11) is 0. The molecule has 5 nitrogen and oxygen atoms in total. The third-order valence-corrected chi connectivity index (χ3v) is 3.95. The van der Waals surface area contributed by atoms with Crippen LogP contribution in [0.5, 0.6) is 5.75 Å². The quantitative estimate of drug-likeness (QED) is 0.847. The average Bonchev–Trinajstić information content (AvgIpc) is 2.59. The Labute approximate surface area is 148 Å². The lowest BCUT2D eigenvalue weighted by molar-refractivity contribution is -0.152. The molecule has 0 spiro atoms. The van der Waals surface area contributed by atoms with Crippen LogP contribution in [0.2, 0.25) is 5.02 Å². The minimum absolute atomic E-state index is 0.180. The number of benzene rings is 2. The van der Waals surface area contributed by atoms with E-state index < -0.39 is 30.2 Å². The standard InChI is InChI=1S/C18H15ClFNO4/c19-13-4-5-16-11(7-13)6-12(9-24-16)18(23)25-10-17(22)21-15-3-1-2-14(20)8-15/h1-5,7-8,12H,6,9-10H2,(H,21,22). The number of fused-ring (bicyclic) bond motifs is 1. The zero-order valence-electron chi connectivity index (χ0n) is 13.1. The van der Waals surface area contributed by atoms with E-state index in [-0.39, 0.29) is 6.61 Å². The summed E-state index contributed by atoms with van der Waals surface area (Å²) in [6, 6.07) is 10.7. The fourth-order valence-corrected chi connectivity index (χ4v) is 2.73. The summed E-state index contributed by atoms with van der Waals surface area (Å²) in [5.41, 5.74) is 1.12. The number of ether oxygens (including phenoxy) is 2. The first-order valence-corrected chi connectivity index (χ1v) is 8.02. The Morgan fingerprint density at radius 3 is 2.92 bits per heavy atom. The van der Waals surface area contributed by atoms with Gasteiger partial charge in [-0.05, 0) is 48.4 Å². The van der Waals surface area contributed by atoms with Gasteiger partial charge in [0.25, 0.3) is 5.91 Å². The van der Waals surface area contributed by atoms with Gasteiger partial charge in [0.2, 0.25) is 0 Å². The van der Waals surface area contributed by atoms with Crippen LogP contribution in [-0.2, 0) is 20.7 Å². The van der Waals surface area contributed by atoms with E-state index in [0.29, 0.717) is 22.9 Å². The molecule has 0 saturated carbocycles. The van der Waals surface area contributed by atoms with Crippen LogP contribution in [0.4, 0.5) is 10.1 Å². The molecule has 1 heterocycles. The van der Waals surface area contributed by atoms with Gasteiger partial charge in [0.1, 0.15) is 18.2 Å². The normalized spacial score (nSPS) is 15.7. The number of anilines is 1. The summed E-state index contributed by atoms with van der Waals surface area (Å²) < 4.78 is 23.6. The molecule has 0 bridgehead atoms. The van der Waals surface area contributed by atoms with Gasteiger partial charge in [-0.2, -0.15) is 0 Å². The van der Waals surface area contributed by atoms with E-state index in [0.717, 1.165) is 5.56 Å². The van der Waals surface area contributed by atoms with Gasteiger partial charge >= 0.3 is 5.97 Å². The molecule has 7 heteroatoms. The number of carbonyl (C=O) groups is 2. The number of nitrogens with one attached hydrogen (secondary N) is 1. The van der Waals surface area contributed by atoms with Gasteiger partial charge in [0, 0.05) is 10.7 Å². The fraction of sp³-hybridized carbons (Fsp3) is 0.222. The Balaban J connectivity index is 1.52. The monoisotopic (exact) mass is 363 g/mol. The first-order chi connectivity index (χ1) is 12.0. The van der Waals surface area contributed by atoms with Gasteiger partial charge < -0.3 is 14.8 Å². The number of carbonyl (C=O) groups excluding carboxylic acids is 2. The van der Waals surface area contributed by atoms with Crippen molar-refractivity contribution < 1.29 is 23.5 Å². The molecule has 3 rings (SSSR count). The van der Waals surface area contributed by atoms with Crippen molar-refractivity contribution in [2.45, 2.75) is 6.42 Å². The maximum absolute atomic E-state index is 13.1. The van der Waals surface area contributed by atoms with Crippen molar-refractivity contribution >= 4 is 29.2 Å². The number of rotatable bonds is 4. The van der Waals surface area contributed by atoms with Gasteiger partial charge in [-0.15, -0.1) is 0 Å². The molecule has 25 heavy (non-hydrogen) atoms. The predicted octanol–water partition coefficient (Wildman–Crippen LogP) is 3.21. The topological polar surface area (TPSA) is 64.6 Å². The average molecular weight is 364 g/mol. The second-order valence-electron chi connectivity index (χ2n) is 5.63. The van der Waals surface area contributed by atoms with Crippen LogP contribution in [0.25, 0.3) is 0 Å². The molecule has 1 amide bonds. The lowest BCUT2D eigenvalue weighted by Gasteiger charge is -2.24. The van der Waals surface area contributed by atoms with Crippen LogP contribution in [-0.4, -0.2) is 25.1 Å². The van der Waals surface area contributed by atoms with Crippen LogP contribution in [0.3, 0.4) is 0 Å². The molecule has 1 unspecified atom stereocenters. The summed E-state index contributed by atoms with van der Waals surface area (Å²) in [6.07, 6.45) is 0.431. The summed E-state index contributed by atoms with van der Waals surface area (Å²) in [5.74, 6) is -1.35. The van der Waals surface area contributed by atoms with Crippen molar-refractivity contribution in [1.82, 2.24) is 0 Å². The van der Waals surface area contributed by atoms with E-state index in [4.69, 9.17) is 21.1 Å². The molecular weight excluding hydrogens is 349 g/mol. The molecule has 2 aromatic rings. The summed E-state index contributed by atoms with van der Waals surface area (Å²) >= 11 is 5.94. The van der Waals surface area contributed by atoms with Gasteiger partial charge in [0.05, 0.1) is 5.92 Å². The Hall–Kier alpha value is -2.60. The number of amides is 1. The molecule has 1 atom stereocenters. The number of esters is 1. The SMILES string of the molecule is O=C(COC(=O)C1COc2ccc(Cl)cc2C1)Nc1cccc(F)c1. The summed E-state index contributed by atoms with van der Waals surface area (Å²) in [5, 5.41) is 3.02. The van der Waals surface area contributed by atoms with Crippen molar-refractivity contribution in [3.05, 3.63) is 58.9 Å². The first-order valence-electron chi connectivity index (χ1n) is 7.64. The highest BCUT2D eigenvalue weighted by atomic mass is 35.5. The third kappa shape index (κ3) is 4.48. The van der Waals surface area contributed by atoms with E-state index in [1.54, 1.807) is 24.3 Å². The van der Waals surface area contributed by atoms with E-state index in [2.05, 4.69) is 5.32 Å². The molecule has 0 fully saturated rings. The molecule has 1 N–H and O–H groups in total. The Morgan fingerprint density at radius 2 is 2.12 bits per heavy atom. The predicted molar refractivity (Wildman–Crippen MR) is 90.1 cm³/mol. The van der Waals surface area contributed by atoms with E-state index >= 15 is 0 Å². The molecule has 0 saturated heterocycles. The van der Waals surface area contributed by atoms with Gasteiger partial charge in [-0.3, -0.25) is 9.59 Å². The molecule has 0 aromatic heterocycles. The second-order valence-corrected chi connectivity index (χ2v) is 6.07. The molecular formula is C18H15ClFNO4. The Kier molecular flexibility index (Phi) is 5.19. The molecule has 0 radical (unpaired) electrons. The van der Waals surface area contributed by atoms with Crippen molar-refractivity contribution in [3.8, 4) is 5.75 Å². The van der Waals surface area contributed by atoms with Crippen LogP contribution >= 0.6 is 11.6 Å². The highest BCUT2D eigenvalue weighted by molar-refractivity contribution is 6.30. The lowest BCUT2D eigenvalue weighted by atomic mass is 9.97. The van der Waals surface area contributed by atoms with Gasteiger partial charge in [0.15, 0.2) is 6.61 Å². The van der Waals surface area contributed by atoms with Crippen LogP contribution in [0.15, 0.2) is 42.5 Å². The molecule has 130 valence electrons. The van der Waals surface area contributed by atoms with Crippen molar-refractivity contribution in [3.63, 3.8) is 0 Å². The summed E-state index contributed by atoms with van der Waals surface area (Å²) in [6.45, 7) is -0.271. The molecule has 0 aliphatic carbocycles. The Morgan fingerprint density at radius 1 is 1.28 bits per heavy atom. The zero-order chi connectivity index (χ0) is 17.8. The molecule has 1 aliphatic rings. The first kappa shape index (κ1) is 17.2. The zero-order valence-corrected chi connectivity index (χ0v) is 13.9. The number of halogens is 2. The minimum atomic E-state index is -0.542. The van der Waals surface area contributed by atoms with Crippen molar-refractivity contribution in [2.75, 3.05) is 18.5 Å². The highest BCUT2D eigenvalue weighted by Gasteiger charge is 2.28.